The SMILES string of the molecule is Fc1cccc(-c2ccc(C3[C@@H]4CN(Cc5ccccc5F)C[C@H]3N4)cc2)c1. The van der Waals surface area contributed by atoms with Crippen LogP contribution < -0.4 is 5.32 Å². The largest absolute Gasteiger partial charge is 0.307 e. The molecule has 4 heteroatoms. The third kappa shape index (κ3) is 3.23. The van der Waals surface area contributed by atoms with E-state index < -0.39 is 0 Å². The highest BCUT2D eigenvalue weighted by atomic mass is 19.1. The fourth-order valence-electron chi connectivity index (χ4n) is 4.63. The third-order valence-corrected chi connectivity index (χ3v) is 6.01. The van der Waals surface area contributed by atoms with Crippen molar-refractivity contribution in [2.75, 3.05) is 13.1 Å². The highest BCUT2D eigenvalue weighted by Gasteiger charge is 2.46. The lowest BCUT2D eigenvalue weighted by Crippen LogP contribution is -2.71. The van der Waals surface area contributed by atoms with Gasteiger partial charge in [-0.2, -0.15) is 0 Å². The molecule has 142 valence electrons. The number of hydrogen-bond acceptors (Lipinski definition) is 2. The minimum Gasteiger partial charge on any atom is -0.307 e. The van der Waals surface area contributed by atoms with Crippen molar-refractivity contribution in [3.63, 3.8) is 0 Å². The number of nitrogens with zero attached hydrogens (tertiary/aromatic N) is 1. The van der Waals surface area contributed by atoms with Crippen molar-refractivity contribution in [1.29, 1.82) is 0 Å². The van der Waals surface area contributed by atoms with Crippen LogP contribution in [0.5, 0.6) is 0 Å². The van der Waals surface area contributed by atoms with Crippen molar-refractivity contribution in [2.45, 2.75) is 24.5 Å². The fourth-order valence-corrected chi connectivity index (χ4v) is 4.63. The minimum atomic E-state index is -0.214. The van der Waals surface area contributed by atoms with Crippen molar-refractivity contribution in [1.82, 2.24) is 10.2 Å². The smallest absolute Gasteiger partial charge is 0.127 e. The Labute approximate surface area is 163 Å². The summed E-state index contributed by atoms with van der Waals surface area (Å²) >= 11 is 0. The summed E-state index contributed by atoms with van der Waals surface area (Å²) in [7, 11) is 0. The predicted molar refractivity (Wildman–Crippen MR) is 107 cm³/mol. The van der Waals surface area contributed by atoms with E-state index in [-0.39, 0.29) is 11.6 Å². The zero-order valence-corrected chi connectivity index (χ0v) is 15.5. The number of benzene rings is 3. The van der Waals surface area contributed by atoms with Crippen LogP contribution in [0.3, 0.4) is 0 Å². The van der Waals surface area contributed by atoms with E-state index in [0.29, 0.717) is 24.5 Å². The molecule has 0 radical (unpaired) electrons. The molecule has 28 heavy (non-hydrogen) atoms. The summed E-state index contributed by atoms with van der Waals surface area (Å²) < 4.78 is 27.4. The van der Waals surface area contributed by atoms with E-state index in [4.69, 9.17) is 0 Å². The second-order valence-electron chi connectivity index (χ2n) is 7.82. The Morgan fingerprint density at radius 2 is 1.57 bits per heavy atom. The van der Waals surface area contributed by atoms with Crippen molar-refractivity contribution in [3.8, 4) is 11.1 Å². The molecule has 2 nitrogen and oxygen atoms in total. The number of hydrogen-bond donors (Lipinski definition) is 1. The van der Waals surface area contributed by atoms with Crippen LogP contribution in [-0.2, 0) is 6.54 Å². The van der Waals surface area contributed by atoms with Gasteiger partial charge in [-0.1, -0.05) is 54.6 Å². The lowest BCUT2D eigenvalue weighted by molar-refractivity contribution is 0.0464. The Kier molecular flexibility index (Phi) is 4.46. The van der Waals surface area contributed by atoms with Gasteiger partial charge in [-0.25, -0.2) is 8.78 Å². The Balaban J connectivity index is 1.27. The second-order valence-corrected chi connectivity index (χ2v) is 7.82. The monoisotopic (exact) mass is 376 g/mol. The van der Waals surface area contributed by atoms with E-state index in [1.807, 2.05) is 18.2 Å². The maximum absolute atomic E-state index is 13.9. The lowest BCUT2D eigenvalue weighted by Gasteiger charge is -2.55. The molecular weight excluding hydrogens is 354 g/mol. The molecule has 2 bridgehead atoms. The molecule has 3 aliphatic rings. The zero-order valence-electron chi connectivity index (χ0n) is 15.5. The Morgan fingerprint density at radius 1 is 0.821 bits per heavy atom. The van der Waals surface area contributed by atoms with Crippen LogP contribution in [0.1, 0.15) is 17.0 Å². The molecule has 3 aromatic carbocycles. The summed E-state index contributed by atoms with van der Waals surface area (Å²) in [5.74, 6) is 0.145. The van der Waals surface area contributed by atoms with Gasteiger partial charge < -0.3 is 5.32 Å². The number of halogens is 2. The van der Waals surface area contributed by atoms with E-state index in [9.17, 15) is 8.78 Å². The molecule has 3 fully saturated rings. The highest BCUT2D eigenvalue weighted by molar-refractivity contribution is 5.63. The van der Waals surface area contributed by atoms with Gasteiger partial charge in [0.15, 0.2) is 0 Å². The van der Waals surface area contributed by atoms with Crippen LogP contribution in [0, 0.1) is 11.6 Å². The standard InChI is InChI=1S/C24H22F2N2/c25-20-6-3-5-18(12-20)16-8-10-17(11-9-16)24-22-14-28(15-23(24)27-22)13-19-4-1-2-7-21(19)26/h1-12,22-24,27H,13-15H2/t22-,23+,24?. The molecule has 6 rings (SSSR count). The molecule has 3 aliphatic heterocycles. The molecule has 0 spiro atoms. The maximum Gasteiger partial charge on any atom is 0.127 e. The van der Waals surface area contributed by atoms with Crippen LogP contribution in [0.2, 0.25) is 0 Å². The summed E-state index contributed by atoms with van der Waals surface area (Å²) in [5.41, 5.74) is 4.01. The van der Waals surface area contributed by atoms with Crippen LogP contribution in [-0.4, -0.2) is 30.1 Å². The minimum absolute atomic E-state index is 0.126. The van der Waals surface area contributed by atoms with Crippen molar-refractivity contribution in [2.24, 2.45) is 0 Å². The van der Waals surface area contributed by atoms with E-state index in [1.165, 1.54) is 17.7 Å². The van der Waals surface area contributed by atoms with Gasteiger partial charge in [0, 0.05) is 43.2 Å². The first-order valence-corrected chi connectivity index (χ1v) is 9.75. The average molecular weight is 376 g/mol. The quantitative estimate of drug-likeness (QED) is 0.718. The van der Waals surface area contributed by atoms with E-state index in [0.717, 1.165) is 29.8 Å². The Hall–Kier alpha value is -2.56. The molecule has 3 heterocycles. The molecule has 1 unspecified atom stereocenters. The van der Waals surface area contributed by atoms with Crippen molar-refractivity contribution in [3.05, 3.63) is 95.6 Å². The van der Waals surface area contributed by atoms with Gasteiger partial charge in [0.25, 0.3) is 0 Å². The van der Waals surface area contributed by atoms with Gasteiger partial charge in [0.05, 0.1) is 0 Å². The van der Waals surface area contributed by atoms with Gasteiger partial charge in [-0.3, -0.25) is 4.90 Å². The van der Waals surface area contributed by atoms with E-state index in [1.54, 1.807) is 18.2 Å². The van der Waals surface area contributed by atoms with Gasteiger partial charge in [0.1, 0.15) is 11.6 Å². The number of rotatable bonds is 4. The molecule has 0 amide bonds. The normalized spacial score (nSPS) is 24.0. The van der Waals surface area contributed by atoms with E-state index >= 15 is 0 Å². The molecular formula is C24H22F2N2. The van der Waals surface area contributed by atoms with Gasteiger partial charge in [-0.15, -0.1) is 0 Å². The highest BCUT2D eigenvalue weighted by Crippen LogP contribution is 2.38. The second kappa shape index (κ2) is 7.12. The summed E-state index contributed by atoms with van der Waals surface area (Å²) in [5, 5.41) is 3.63. The molecule has 3 saturated heterocycles. The number of fused-ring (bicyclic) bond motifs is 2. The zero-order chi connectivity index (χ0) is 19.1. The van der Waals surface area contributed by atoms with Gasteiger partial charge >= 0.3 is 0 Å². The first-order valence-electron chi connectivity index (χ1n) is 9.75. The van der Waals surface area contributed by atoms with Gasteiger partial charge in [-0.05, 0) is 34.9 Å². The van der Waals surface area contributed by atoms with E-state index in [2.05, 4.69) is 34.5 Å². The number of nitrogens with one attached hydrogen (secondary N) is 1. The summed E-state index contributed by atoms with van der Waals surface area (Å²) in [4.78, 5) is 2.34. The van der Waals surface area contributed by atoms with Crippen LogP contribution in [0.4, 0.5) is 8.78 Å². The summed E-state index contributed by atoms with van der Waals surface area (Å²) in [6, 6.07) is 23.0. The van der Waals surface area contributed by atoms with Crippen LogP contribution in [0.25, 0.3) is 11.1 Å². The summed E-state index contributed by atoms with van der Waals surface area (Å²) in [6.07, 6.45) is 0. The molecule has 3 atom stereocenters. The van der Waals surface area contributed by atoms with Crippen LogP contribution >= 0.6 is 0 Å². The summed E-state index contributed by atoms with van der Waals surface area (Å²) in [6.45, 7) is 2.49. The Morgan fingerprint density at radius 3 is 2.29 bits per heavy atom. The van der Waals surface area contributed by atoms with Crippen LogP contribution in [0.15, 0.2) is 72.8 Å². The maximum atomic E-state index is 13.9. The molecule has 3 aromatic rings. The van der Waals surface area contributed by atoms with Crippen molar-refractivity contribution < 1.29 is 8.78 Å². The van der Waals surface area contributed by atoms with Crippen molar-refractivity contribution >= 4 is 0 Å². The first-order chi connectivity index (χ1) is 13.7. The predicted octanol–water partition coefficient (Wildman–Crippen LogP) is 4.57. The van der Waals surface area contributed by atoms with Gasteiger partial charge in [0.2, 0.25) is 0 Å². The topological polar surface area (TPSA) is 15.3 Å². The third-order valence-electron chi connectivity index (χ3n) is 6.01. The molecule has 0 aliphatic carbocycles. The first kappa shape index (κ1) is 17.5. The molecule has 0 saturated carbocycles. The number of piperidine rings is 1. The number of piperazine rings is 1. The average Bonchev–Trinajstić information content (AvgIpc) is 2.70. The Bertz CT molecular complexity index is 974. The molecule has 1 N–H and O–H groups in total. The lowest BCUT2D eigenvalue weighted by atomic mass is 9.74. The fraction of sp³-hybridized carbons (Fsp3) is 0.250. The molecule has 0 aromatic heterocycles.